The van der Waals surface area contributed by atoms with Crippen molar-refractivity contribution in [3.63, 3.8) is 0 Å². The molecule has 3 N–H and O–H groups in total. The van der Waals surface area contributed by atoms with Crippen LogP contribution in [0.1, 0.15) is 45.7 Å². The molecule has 35 heavy (non-hydrogen) atoms. The Bertz CT molecular complexity index is 1260. The molecule has 2 aromatic carbocycles. The third kappa shape index (κ3) is 5.34. The molecule has 0 radical (unpaired) electrons. The van der Waals surface area contributed by atoms with Crippen LogP contribution in [0.5, 0.6) is 0 Å². The minimum absolute atomic E-state index is 0.0241. The lowest BCUT2D eigenvalue weighted by Gasteiger charge is -2.32. The Morgan fingerprint density at radius 2 is 1.69 bits per heavy atom. The Labute approximate surface area is 212 Å². The largest absolute Gasteiger partial charge is 0.347 e. The predicted molar refractivity (Wildman–Crippen MR) is 139 cm³/mol. The molecule has 2 aliphatic rings. The van der Waals surface area contributed by atoms with Gasteiger partial charge in [0.1, 0.15) is 0 Å². The molecule has 182 valence electrons. The van der Waals surface area contributed by atoms with Crippen molar-refractivity contribution >= 4 is 56.4 Å². The minimum atomic E-state index is -0.175. The number of piperazine rings is 1. The number of carbonyl (C=O) groups is 3. The number of amides is 3. The first-order valence-electron chi connectivity index (χ1n) is 11.9. The first-order chi connectivity index (χ1) is 17.0. The first-order valence-corrected chi connectivity index (χ1v) is 13.1. The molecule has 1 saturated heterocycles. The number of carbonyl (C=O) groups excluding carboxylic acids is 3. The third-order valence-corrected chi connectivity index (χ3v) is 7.97. The number of halogens is 1. The molecular weight excluding hydrogens is 484 g/mol. The van der Waals surface area contributed by atoms with Gasteiger partial charge in [-0.15, -0.1) is 11.3 Å². The zero-order chi connectivity index (χ0) is 24.4. The second kappa shape index (κ2) is 10.4. The van der Waals surface area contributed by atoms with Gasteiger partial charge < -0.3 is 20.9 Å². The van der Waals surface area contributed by atoms with Gasteiger partial charge in [-0.1, -0.05) is 30.5 Å². The highest BCUT2D eigenvalue weighted by Crippen LogP contribution is 2.29. The van der Waals surface area contributed by atoms with E-state index >= 15 is 0 Å². The lowest BCUT2D eigenvalue weighted by molar-refractivity contribution is -0.118. The fourth-order valence-corrected chi connectivity index (χ4v) is 6.00. The topological polar surface area (TPSA) is 90.5 Å². The van der Waals surface area contributed by atoms with Gasteiger partial charge in [0.05, 0.1) is 11.4 Å². The van der Waals surface area contributed by atoms with Gasteiger partial charge in [-0.25, -0.2) is 0 Å². The Kier molecular flexibility index (Phi) is 7.04. The summed E-state index contributed by atoms with van der Waals surface area (Å²) in [6.07, 6.45) is 3.64. The van der Waals surface area contributed by atoms with Crippen LogP contribution < -0.4 is 20.9 Å². The molecule has 3 aromatic rings. The number of benzene rings is 2. The van der Waals surface area contributed by atoms with Crippen molar-refractivity contribution in [1.29, 1.82) is 0 Å². The van der Waals surface area contributed by atoms with Crippen LogP contribution in [-0.2, 0) is 4.79 Å². The number of hydrogen-bond donors (Lipinski definition) is 3. The second-order valence-corrected chi connectivity index (χ2v) is 10.5. The van der Waals surface area contributed by atoms with Crippen molar-refractivity contribution in [2.24, 2.45) is 0 Å². The van der Waals surface area contributed by atoms with Gasteiger partial charge in [0.2, 0.25) is 5.91 Å². The maximum absolute atomic E-state index is 13.0. The molecule has 1 aliphatic carbocycles. The van der Waals surface area contributed by atoms with E-state index < -0.39 is 0 Å². The Morgan fingerprint density at radius 3 is 2.40 bits per heavy atom. The Morgan fingerprint density at radius 1 is 0.971 bits per heavy atom. The molecule has 7 nitrogen and oxygen atoms in total. The smallest absolute Gasteiger partial charge is 0.261 e. The van der Waals surface area contributed by atoms with Gasteiger partial charge in [-0.2, -0.15) is 0 Å². The molecule has 1 aliphatic heterocycles. The first kappa shape index (κ1) is 23.8. The summed E-state index contributed by atoms with van der Waals surface area (Å²) in [5, 5.41) is 11.0. The Hall–Kier alpha value is -2.94. The maximum atomic E-state index is 13.0. The standard InChI is InChI=1S/C26H27ClN4O3S/c27-18-8-5-17-13-23(35-22(17)14-18)26(34)30-21-4-2-1-3-20(21)29-25(33)16-6-9-19(10-7-16)31-12-11-28-15-24(31)32/h5-10,13-14,20-21,28H,1-4,11-12,15H2,(H,29,33)(H,30,34). The van der Waals surface area contributed by atoms with Gasteiger partial charge in [-0.3, -0.25) is 14.4 Å². The summed E-state index contributed by atoms with van der Waals surface area (Å²) in [6, 6.07) is 14.3. The Balaban J connectivity index is 1.24. The lowest BCUT2D eigenvalue weighted by atomic mass is 9.90. The molecule has 1 saturated carbocycles. The number of anilines is 1. The summed E-state index contributed by atoms with van der Waals surface area (Å²) in [6.45, 7) is 1.69. The minimum Gasteiger partial charge on any atom is -0.347 e. The zero-order valence-electron chi connectivity index (χ0n) is 19.2. The molecule has 5 rings (SSSR count). The molecule has 3 amide bonds. The zero-order valence-corrected chi connectivity index (χ0v) is 20.8. The predicted octanol–water partition coefficient (Wildman–Crippen LogP) is 3.96. The van der Waals surface area contributed by atoms with Crippen molar-refractivity contribution in [2.75, 3.05) is 24.5 Å². The summed E-state index contributed by atoms with van der Waals surface area (Å²) < 4.78 is 0.974. The molecule has 0 spiro atoms. The number of nitrogens with one attached hydrogen (secondary N) is 3. The molecule has 2 fully saturated rings. The maximum Gasteiger partial charge on any atom is 0.261 e. The van der Waals surface area contributed by atoms with Crippen LogP contribution in [0.4, 0.5) is 5.69 Å². The van der Waals surface area contributed by atoms with E-state index in [2.05, 4.69) is 16.0 Å². The summed E-state index contributed by atoms with van der Waals surface area (Å²) >= 11 is 7.50. The monoisotopic (exact) mass is 510 g/mol. The molecule has 0 bridgehead atoms. The van der Waals surface area contributed by atoms with E-state index in [1.54, 1.807) is 17.0 Å². The van der Waals surface area contributed by atoms with E-state index in [0.29, 0.717) is 28.6 Å². The summed E-state index contributed by atoms with van der Waals surface area (Å²) in [4.78, 5) is 40.5. The molecule has 1 aromatic heterocycles. The normalized spacial score (nSPS) is 20.6. The van der Waals surface area contributed by atoms with E-state index in [0.717, 1.165) is 48.0 Å². The molecule has 2 unspecified atom stereocenters. The molecule has 2 atom stereocenters. The van der Waals surface area contributed by atoms with Crippen LogP contribution in [0.25, 0.3) is 10.1 Å². The van der Waals surface area contributed by atoms with E-state index in [1.165, 1.54) is 11.3 Å². The summed E-state index contributed by atoms with van der Waals surface area (Å²) in [5.41, 5.74) is 1.33. The summed E-state index contributed by atoms with van der Waals surface area (Å²) in [7, 11) is 0. The van der Waals surface area contributed by atoms with Crippen molar-refractivity contribution < 1.29 is 14.4 Å². The molecule has 9 heteroatoms. The van der Waals surface area contributed by atoms with Crippen molar-refractivity contribution in [2.45, 2.75) is 37.8 Å². The highest BCUT2D eigenvalue weighted by Gasteiger charge is 2.29. The van der Waals surface area contributed by atoms with Gasteiger partial charge >= 0.3 is 0 Å². The van der Waals surface area contributed by atoms with Gasteiger partial charge in [-0.05, 0) is 60.7 Å². The molecular formula is C26H27ClN4O3S. The van der Waals surface area contributed by atoms with Crippen LogP contribution in [0, 0.1) is 0 Å². The average Bonchev–Trinajstić information content (AvgIpc) is 3.29. The molecule has 2 heterocycles. The van der Waals surface area contributed by atoms with Crippen LogP contribution in [0.3, 0.4) is 0 Å². The quantitative estimate of drug-likeness (QED) is 0.484. The third-order valence-electron chi connectivity index (χ3n) is 6.64. The van der Waals surface area contributed by atoms with Gasteiger partial charge in [0.15, 0.2) is 0 Å². The number of rotatable bonds is 5. The van der Waals surface area contributed by atoms with Crippen molar-refractivity contribution in [1.82, 2.24) is 16.0 Å². The van der Waals surface area contributed by atoms with Crippen LogP contribution >= 0.6 is 22.9 Å². The summed E-state index contributed by atoms with van der Waals surface area (Å²) in [5.74, 6) is -0.277. The van der Waals surface area contributed by atoms with Crippen LogP contribution in [-0.4, -0.2) is 49.4 Å². The second-order valence-electron chi connectivity index (χ2n) is 9.01. The van der Waals surface area contributed by atoms with Gasteiger partial charge in [0.25, 0.3) is 11.8 Å². The fraction of sp³-hybridized carbons (Fsp3) is 0.346. The van der Waals surface area contributed by atoms with E-state index in [4.69, 9.17) is 11.6 Å². The number of nitrogens with zero attached hydrogens (tertiary/aromatic N) is 1. The fourth-order valence-electron chi connectivity index (χ4n) is 4.76. The van der Waals surface area contributed by atoms with Crippen LogP contribution in [0.15, 0.2) is 48.5 Å². The van der Waals surface area contributed by atoms with E-state index in [-0.39, 0.29) is 29.8 Å². The van der Waals surface area contributed by atoms with Gasteiger partial charge in [0, 0.05) is 46.1 Å². The average molecular weight is 511 g/mol. The highest BCUT2D eigenvalue weighted by atomic mass is 35.5. The van der Waals surface area contributed by atoms with Crippen molar-refractivity contribution in [3.05, 3.63) is 64.0 Å². The van der Waals surface area contributed by atoms with E-state index in [1.807, 2.05) is 36.4 Å². The number of thiophene rings is 1. The van der Waals surface area contributed by atoms with Crippen LogP contribution in [0.2, 0.25) is 5.02 Å². The number of hydrogen-bond acceptors (Lipinski definition) is 5. The van der Waals surface area contributed by atoms with E-state index in [9.17, 15) is 14.4 Å². The van der Waals surface area contributed by atoms with Crippen molar-refractivity contribution in [3.8, 4) is 0 Å². The number of fused-ring (bicyclic) bond motifs is 1. The SMILES string of the molecule is O=C(NC1CCCCC1NC(=O)c1cc2ccc(Cl)cc2s1)c1ccc(N2CCNCC2=O)cc1. The lowest BCUT2D eigenvalue weighted by Crippen LogP contribution is -2.53. The highest BCUT2D eigenvalue weighted by molar-refractivity contribution is 7.20.